The number of para-hydroxylation sites is 2. The molecule has 1 fully saturated rings. The highest BCUT2D eigenvalue weighted by Crippen LogP contribution is 2.25. The molecule has 6 nitrogen and oxygen atoms in total. The maximum atomic E-state index is 12.7. The summed E-state index contributed by atoms with van der Waals surface area (Å²) in [6.45, 7) is 0. The van der Waals surface area contributed by atoms with E-state index in [1.165, 1.54) is 19.3 Å². The van der Waals surface area contributed by atoms with E-state index in [1.807, 2.05) is 35.9 Å². The van der Waals surface area contributed by atoms with Crippen molar-refractivity contribution in [1.29, 1.82) is 0 Å². The van der Waals surface area contributed by atoms with E-state index in [-0.39, 0.29) is 11.9 Å². The monoisotopic (exact) mass is 323 g/mol. The number of carbonyl (C=O) groups is 1. The van der Waals surface area contributed by atoms with Gasteiger partial charge in [-0.3, -0.25) is 4.79 Å². The van der Waals surface area contributed by atoms with Gasteiger partial charge in [0.1, 0.15) is 11.4 Å². The summed E-state index contributed by atoms with van der Waals surface area (Å²) in [4.78, 5) is 24.7. The van der Waals surface area contributed by atoms with Crippen LogP contribution in [-0.4, -0.2) is 31.5 Å². The fourth-order valence-electron chi connectivity index (χ4n) is 3.50. The van der Waals surface area contributed by atoms with Gasteiger partial charge >= 0.3 is 0 Å². The van der Waals surface area contributed by atoms with Gasteiger partial charge in [-0.2, -0.15) is 0 Å². The van der Waals surface area contributed by atoms with Crippen LogP contribution in [0.2, 0.25) is 0 Å². The number of amides is 1. The minimum absolute atomic E-state index is 0.0959. The van der Waals surface area contributed by atoms with Crippen molar-refractivity contribution < 1.29 is 4.79 Å². The quantitative estimate of drug-likeness (QED) is 0.778. The van der Waals surface area contributed by atoms with Crippen molar-refractivity contribution in [3.8, 4) is 11.5 Å². The fourth-order valence-corrected chi connectivity index (χ4v) is 3.50. The van der Waals surface area contributed by atoms with Crippen molar-refractivity contribution in [2.45, 2.75) is 38.1 Å². The van der Waals surface area contributed by atoms with E-state index in [0.29, 0.717) is 17.2 Å². The number of benzene rings is 1. The van der Waals surface area contributed by atoms with Crippen molar-refractivity contribution in [2.24, 2.45) is 7.05 Å². The molecule has 2 heterocycles. The minimum Gasteiger partial charge on any atom is -0.348 e. The Morgan fingerprint density at radius 2 is 2.04 bits per heavy atom. The van der Waals surface area contributed by atoms with Gasteiger partial charge in [-0.05, 0) is 25.0 Å². The van der Waals surface area contributed by atoms with E-state index in [4.69, 9.17) is 0 Å². The third kappa shape index (κ3) is 2.58. The topological polar surface area (TPSA) is 75.6 Å². The Hall–Kier alpha value is -2.63. The molecule has 2 aromatic heterocycles. The van der Waals surface area contributed by atoms with Crippen molar-refractivity contribution >= 4 is 16.9 Å². The second-order valence-corrected chi connectivity index (χ2v) is 6.42. The van der Waals surface area contributed by atoms with E-state index >= 15 is 0 Å². The van der Waals surface area contributed by atoms with Gasteiger partial charge in [-0.1, -0.05) is 31.4 Å². The van der Waals surface area contributed by atoms with Crippen LogP contribution in [0.15, 0.2) is 30.6 Å². The van der Waals surface area contributed by atoms with Crippen molar-refractivity contribution in [3.05, 3.63) is 36.3 Å². The van der Waals surface area contributed by atoms with Gasteiger partial charge < -0.3 is 14.9 Å². The fraction of sp³-hybridized carbons (Fsp3) is 0.389. The lowest BCUT2D eigenvalue weighted by Crippen LogP contribution is -2.36. The summed E-state index contributed by atoms with van der Waals surface area (Å²) in [7, 11) is 1.95. The van der Waals surface area contributed by atoms with Crippen LogP contribution in [0, 0.1) is 0 Å². The number of rotatable bonds is 3. The van der Waals surface area contributed by atoms with Crippen molar-refractivity contribution in [2.75, 3.05) is 0 Å². The summed E-state index contributed by atoms with van der Waals surface area (Å²) in [6, 6.07) is 8.19. The van der Waals surface area contributed by atoms with E-state index in [2.05, 4.69) is 20.3 Å². The van der Waals surface area contributed by atoms with Gasteiger partial charge in [0.05, 0.1) is 17.4 Å². The van der Waals surface area contributed by atoms with Crippen molar-refractivity contribution in [1.82, 2.24) is 24.8 Å². The number of nitrogens with zero attached hydrogens (tertiary/aromatic N) is 3. The molecular formula is C18H21N5O. The molecule has 24 heavy (non-hydrogen) atoms. The van der Waals surface area contributed by atoms with Crippen LogP contribution in [0.25, 0.3) is 22.6 Å². The van der Waals surface area contributed by atoms with Crippen LogP contribution in [0.3, 0.4) is 0 Å². The molecule has 1 aromatic carbocycles. The number of imidazole rings is 2. The predicted molar refractivity (Wildman–Crippen MR) is 92.6 cm³/mol. The van der Waals surface area contributed by atoms with E-state index < -0.39 is 0 Å². The average Bonchev–Trinajstić information content (AvgIpc) is 3.21. The molecule has 2 N–H and O–H groups in total. The zero-order chi connectivity index (χ0) is 16.5. The van der Waals surface area contributed by atoms with Crippen LogP contribution in [0.4, 0.5) is 0 Å². The number of hydrogen-bond donors (Lipinski definition) is 2. The first-order valence-corrected chi connectivity index (χ1v) is 8.50. The summed E-state index contributed by atoms with van der Waals surface area (Å²) in [5.74, 6) is 0.604. The van der Waals surface area contributed by atoms with Crippen LogP contribution in [-0.2, 0) is 7.05 Å². The van der Waals surface area contributed by atoms with Gasteiger partial charge in [0, 0.05) is 13.1 Å². The molecule has 0 unspecified atom stereocenters. The molecule has 0 aliphatic heterocycles. The standard InChI is InChI=1S/C18H21N5O/c1-23-14-10-6-5-9-13(14)22-17(23)15-16(20-11-19-15)18(24)21-12-7-3-2-4-8-12/h5-6,9-12H,2-4,7-8H2,1H3,(H,19,20)(H,21,24). The van der Waals surface area contributed by atoms with Gasteiger partial charge in [0.15, 0.2) is 5.82 Å². The number of carbonyl (C=O) groups excluding carboxylic acids is 1. The number of hydrogen-bond acceptors (Lipinski definition) is 3. The van der Waals surface area contributed by atoms with Crippen LogP contribution in [0.5, 0.6) is 0 Å². The van der Waals surface area contributed by atoms with E-state index in [9.17, 15) is 4.79 Å². The lowest BCUT2D eigenvalue weighted by Gasteiger charge is -2.22. The lowest BCUT2D eigenvalue weighted by atomic mass is 9.95. The maximum absolute atomic E-state index is 12.7. The molecule has 0 saturated heterocycles. The summed E-state index contributed by atoms with van der Waals surface area (Å²) >= 11 is 0. The van der Waals surface area contributed by atoms with Crippen LogP contribution >= 0.6 is 0 Å². The molecule has 0 radical (unpaired) electrons. The molecule has 6 heteroatoms. The number of aryl methyl sites for hydroxylation is 1. The summed E-state index contributed by atoms with van der Waals surface area (Å²) < 4.78 is 1.98. The molecule has 0 spiro atoms. The zero-order valence-electron chi connectivity index (χ0n) is 13.7. The Bertz CT molecular complexity index is 873. The predicted octanol–water partition coefficient (Wildman–Crippen LogP) is 3.03. The number of aromatic amines is 1. The molecule has 4 rings (SSSR count). The van der Waals surface area contributed by atoms with E-state index in [1.54, 1.807) is 6.33 Å². The van der Waals surface area contributed by atoms with Gasteiger partial charge in [-0.15, -0.1) is 0 Å². The Morgan fingerprint density at radius 3 is 2.83 bits per heavy atom. The third-order valence-electron chi connectivity index (χ3n) is 4.81. The molecule has 1 saturated carbocycles. The second-order valence-electron chi connectivity index (χ2n) is 6.42. The Kier molecular flexibility index (Phi) is 3.80. The molecule has 1 aliphatic carbocycles. The van der Waals surface area contributed by atoms with Gasteiger partial charge in [0.25, 0.3) is 5.91 Å². The number of fused-ring (bicyclic) bond motifs is 1. The van der Waals surface area contributed by atoms with E-state index in [0.717, 1.165) is 23.9 Å². The molecule has 124 valence electrons. The highest BCUT2D eigenvalue weighted by atomic mass is 16.2. The Morgan fingerprint density at radius 1 is 1.25 bits per heavy atom. The van der Waals surface area contributed by atoms with Gasteiger partial charge in [-0.25, -0.2) is 9.97 Å². The first kappa shape index (κ1) is 14.9. The first-order valence-electron chi connectivity index (χ1n) is 8.50. The second kappa shape index (κ2) is 6.11. The summed E-state index contributed by atoms with van der Waals surface area (Å²) in [6.07, 6.45) is 7.31. The minimum atomic E-state index is -0.0959. The van der Waals surface area contributed by atoms with Gasteiger partial charge in [0.2, 0.25) is 0 Å². The molecule has 3 aromatic rings. The Labute approximate surface area is 140 Å². The highest BCUT2D eigenvalue weighted by molar-refractivity contribution is 5.98. The molecular weight excluding hydrogens is 302 g/mol. The molecule has 1 aliphatic rings. The average molecular weight is 323 g/mol. The summed E-state index contributed by atoms with van der Waals surface area (Å²) in [5.41, 5.74) is 3.01. The summed E-state index contributed by atoms with van der Waals surface area (Å²) in [5, 5.41) is 3.14. The van der Waals surface area contributed by atoms with Crippen LogP contribution < -0.4 is 5.32 Å². The largest absolute Gasteiger partial charge is 0.348 e. The SMILES string of the molecule is Cn1c(-c2nc[nH]c2C(=O)NC2CCCCC2)nc2ccccc21. The number of nitrogens with one attached hydrogen (secondary N) is 2. The van der Waals surface area contributed by atoms with Crippen molar-refractivity contribution in [3.63, 3.8) is 0 Å². The number of H-pyrrole nitrogens is 1. The first-order chi connectivity index (χ1) is 11.7. The molecule has 0 bridgehead atoms. The normalized spacial score (nSPS) is 15.7. The zero-order valence-corrected chi connectivity index (χ0v) is 13.7. The smallest absolute Gasteiger partial charge is 0.270 e. The Balaban J connectivity index is 1.66. The highest BCUT2D eigenvalue weighted by Gasteiger charge is 2.23. The lowest BCUT2D eigenvalue weighted by molar-refractivity contribution is 0.0924. The molecule has 1 amide bonds. The third-order valence-corrected chi connectivity index (χ3v) is 4.81. The number of aromatic nitrogens is 4. The maximum Gasteiger partial charge on any atom is 0.270 e. The van der Waals surface area contributed by atoms with Crippen LogP contribution in [0.1, 0.15) is 42.6 Å². The molecule has 0 atom stereocenters.